The van der Waals surface area contributed by atoms with Crippen LogP contribution in [0.3, 0.4) is 0 Å². The van der Waals surface area contributed by atoms with E-state index in [0.29, 0.717) is 13.6 Å². The van der Waals surface area contributed by atoms with Gasteiger partial charge in [-0.25, -0.2) is 0 Å². The number of rotatable bonds is 21. The topological polar surface area (TPSA) is 91.0 Å². The average molecular weight is 1610 g/mol. The van der Waals surface area contributed by atoms with E-state index in [9.17, 15) is 0 Å². The van der Waals surface area contributed by atoms with Crippen molar-refractivity contribution in [3.05, 3.63) is 149 Å². The van der Waals surface area contributed by atoms with Crippen LogP contribution in [-0.4, -0.2) is 172 Å². The van der Waals surface area contributed by atoms with Crippen LogP contribution in [-0.2, 0) is 42.2 Å². The molecule has 4 aromatic carbocycles. The van der Waals surface area contributed by atoms with Gasteiger partial charge in [-0.1, -0.05) is 169 Å². The molecule has 0 spiro atoms. The second kappa shape index (κ2) is 58.8. The van der Waals surface area contributed by atoms with Crippen molar-refractivity contribution in [1.82, 2.24) is 39.3 Å². The SMILES string of the molecule is CC.CC.CC.CC1CCC(N(C)Cc2ccc3c(c2)OCO3)CC1.CC1CCC(N(C)Cc2ccc3c(c2)OCO3)CC1.CC1CCC(N(C)Cc2ccccc2)CC1.CC1CCC(N(C)Cc2ccccc2)CC1.CC1CCC(N(C)Cc2cccnc2)CC1.COCN(C)C1CCC(C)CC1.COCN(C)C1CCC(C)CC1. The van der Waals surface area contributed by atoms with E-state index in [4.69, 9.17) is 28.4 Å². The molecule has 1 aromatic heterocycles. The van der Waals surface area contributed by atoms with Gasteiger partial charge in [0.15, 0.2) is 23.0 Å². The van der Waals surface area contributed by atoms with E-state index in [1.54, 1.807) is 14.2 Å². The number of fused-ring (bicyclic) bond motifs is 2. The molecule has 7 fully saturated rings. The van der Waals surface area contributed by atoms with Gasteiger partial charge in [-0.15, -0.1) is 0 Å². The van der Waals surface area contributed by atoms with Gasteiger partial charge in [-0.3, -0.25) is 39.3 Å². The van der Waals surface area contributed by atoms with Crippen LogP contribution in [0.15, 0.2) is 122 Å². The zero-order valence-corrected chi connectivity index (χ0v) is 78.3. The summed E-state index contributed by atoms with van der Waals surface area (Å²) in [6, 6.07) is 43.7. The molecule has 7 aliphatic carbocycles. The Labute approximate surface area is 713 Å². The molecular weight excluding hydrogens is 1430 g/mol. The molecule has 0 saturated heterocycles. The number of pyridine rings is 1. The normalized spacial score (nSPS) is 25.8. The molecule has 9 aliphatic rings. The third kappa shape index (κ3) is 38.7. The number of aromatic nitrogens is 1. The van der Waals surface area contributed by atoms with Gasteiger partial charge in [0.2, 0.25) is 13.6 Å². The Kier molecular flexibility index (Phi) is 51.4. The summed E-state index contributed by atoms with van der Waals surface area (Å²) >= 11 is 0. The first kappa shape index (κ1) is 101. The fourth-order valence-electron chi connectivity index (χ4n) is 18.2. The number of nitrogens with zero attached hydrogens (tertiary/aromatic N) is 8. The maximum absolute atomic E-state index is 5.44. The lowest BCUT2D eigenvalue weighted by molar-refractivity contribution is 0.0365. The van der Waals surface area contributed by atoms with Crippen LogP contribution < -0.4 is 18.9 Å². The van der Waals surface area contributed by atoms with Gasteiger partial charge in [0.25, 0.3) is 0 Å². The standard InChI is InChI=1S/2C16H23NO2.2C15H23N.C14H22N2.2C10H21NO.3C2H6/c2*1-12-3-6-14(7-4-12)17(2)10-13-5-8-15-16(9-13)19-11-18-15;2*1-13-8-10-15(11-9-13)16(2)12-14-6-4-3-5-7-14;1-12-5-7-14(8-6-12)16(2)11-13-4-3-9-15-10-13;2*1-9-4-6-10(7-5-9)11(2)8-12-3;3*1-2/h2*5,8-9,12,14H,3-4,6-7,10-11H2,1-2H3;2*3-7,13,15H,8-12H2,1-2H3;3-4,9-10,12,14H,5-8,11H2,1-2H3;2*9-10H,4-8H2,1-3H3;3*1-2H3. The van der Waals surface area contributed by atoms with Crippen LogP contribution in [0.2, 0.25) is 0 Å². The Hall–Kier alpha value is -5.13. The number of benzene rings is 4. The second-order valence-electron chi connectivity index (χ2n) is 36.0. The number of hydrogen-bond donors (Lipinski definition) is 0. The zero-order valence-electron chi connectivity index (χ0n) is 78.3. The van der Waals surface area contributed by atoms with Crippen molar-refractivity contribution in [3.63, 3.8) is 0 Å². The molecule has 5 aromatic rings. The molecule has 0 amide bonds. The lowest BCUT2D eigenvalue weighted by Gasteiger charge is -2.33. The molecule has 0 bridgehead atoms. The first-order valence-corrected chi connectivity index (χ1v) is 46.8. The largest absolute Gasteiger partial charge is 0.454 e. The number of hydrogen-bond acceptors (Lipinski definition) is 14. The molecule has 7 saturated carbocycles. The van der Waals surface area contributed by atoms with Gasteiger partial charge in [-0.05, 0) is 329 Å². The monoisotopic (exact) mass is 1610 g/mol. The van der Waals surface area contributed by atoms with E-state index in [1.165, 1.54) is 208 Å². The number of methoxy groups -OCH3 is 2. The van der Waals surface area contributed by atoms with Gasteiger partial charge < -0.3 is 28.4 Å². The highest BCUT2D eigenvalue weighted by molar-refractivity contribution is 5.45. The molecule has 658 valence electrons. The average Bonchev–Trinajstić information content (AvgIpc) is 1.68. The molecule has 14 heteroatoms. The van der Waals surface area contributed by atoms with E-state index in [2.05, 4.69) is 228 Å². The predicted octanol–water partition coefficient (Wildman–Crippen LogP) is 24.6. The van der Waals surface area contributed by atoms with Crippen molar-refractivity contribution < 1.29 is 28.4 Å². The Morgan fingerprint density at radius 2 is 0.491 bits per heavy atom. The fraction of sp³-hybridized carbons (Fsp3) is 0.716. The maximum Gasteiger partial charge on any atom is 0.231 e. The summed E-state index contributed by atoms with van der Waals surface area (Å²) in [6.45, 7) is 36.1. The third-order valence-electron chi connectivity index (χ3n) is 26.4. The highest BCUT2D eigenvalue weighted by atomic mass is 16.7. The molecule has 0 radical (unpaired) electrons. The smallest absolute Gasteiger partial charge is 0.231 e. The van der Waals surface area contributed by atoms with E-state index in [-0.39, 0.29) is 0 Å². The van der Waals surface area contributed by atoms with Crippen LogP contribution in [0.4, 0.5) is 0 Å². The summed E-state index contributed by atoms with van der Waals surface area (Å²) < 4.78 is 31.8. The van der Waals surface area contributed by atoms with Crippen molar-refractivity contribution in [3.8, 4) is 23.0 Å². The quantitative estimate of drug-likeness (QED) is 0.0653. The van der Waals surface area contributed by atoms with E-state index in [1.807, 2.05) is 72.1 Å². The molecule has 0 atom stereocenters. The minimum atomic E-state index is 0.356. The summed E-state index contributed by atoms with van der Waals surface area (Å²) in [4.78, 5) is 21.3. The van der Waals surface area contributed by atoms with Crippen molar-refractivity contribution in [2.24, 2.45) is 41.4 Å². The Morgan fingerprint density at radius 3 is 0.733 bits per heavy atom. The second-order valence-corrected chi connectivity index (χ2v) is 36.0. The summed E-state index contributed by atoms with van der Waals surface area (Å²) in [5.41, 5.74) is 6.81. The van der Waals surface area contributed by atoms with Gasteiger partial charge in [0.1, 0.15) is 0 Å². The predicted molar refractivity (Wildman–Crippen MR) is 493 cm³/mol. The molecule has 0 N–H and O–H groups in total. The van der Waals surface area contributed by atoms with Gasteiger partial charge >= 0.3 is 0 Å². The van der Waals surface area contributed by atoms with E-state index >= 15 is 0 Å². The summed E-state index contributed by atoms with van der Waals surface area (Å²) in [7, 11) is 19.1. The van der Waals surface area contributed by atoms with Gasteiger partial charge in [-0.2, -0.15) is 0 Å². The Balaban J connectivity index is 0.000000240. The Bertz CT molecular complexity index is 2900. The molecule has 14 nitrogen and oxygen atoms in total. The van der Waals surface area contributed by atoms with Crippen molar-refractivity contribution in [1.29, 1.82) is 0 Å². The minimum absolute atomic E-state index is 0.356. The summed E-state index contributed by atoms with van der Waals surface area (Å²) in [5.74, 6) is 10.1. The lowest BCUT2D eigenvalue weighted by atomic mass is 9.86. The van der Waals surface area contributed by atoms with Gasteiger partial charge in [0.05, 0.1) is 13.5 Å². The first-order valence-electron chi connectivity index (χ1n) is 46.8. The third-order valence-corrected chi connectivity index (χ3v) is 26.4. The molecule has 2 aliphatic heterocycles. The van der Waals surface area contributed by atoms with Crippen LogP contribution in [0.25, 0.3) is 0 Å². The van der Waals surface area contributed by atoms with E-state index in [0.717, 1.165) is 153 Å². The highest BCUT2D eigenvalue weighted by Crippen LogP contribution is 2.37. The maximum atomic E-state index is 5.44. The number of ether oxygens (including phenoxy) is 6. The summed E-state index contributed by atoms with van der Waals surface area (Å²) in [6.07, 6.45) is 42.2. The molecule has 116 heavy (non-hydrogen) atoms. The van der Waals surface area contributed by atoms with Crippen LogP contribution >= 0.6 is 0 Å². The van der Waals surface area contributed by atoms with Crippen molar-refractivity contribution >= 4 is 0 Å². The first-order chi connectivity index (χ1) is 56.2. The zero-order chi connectivity index (χ0) is 84.6. The molecule has 3 heterocycles. The minimum Gasteiger partial charge on any atom is -0.454 e. The Morgan fingerprint density at radius 1 is 0.267 bits per heavy atom. The molecule has 0 unspecified atom stereocenters. The van der Waals surface area contributed by atoms with Crippen molar-refractivity contribution in [2.75, 3.05) is 90.6 Å². The molecular formula is C102H174N8O6. The fourth-order valence-corrected chi connectivity index (χ4v) is 18.2. The van der Waals surface area contributed by atoms with Crippen LogP contribution in [0, 0.1) is 41.4 Å². The highest BCUT2D eigenvalue weighted by Gasteiger charge is 2.29. The van der Waals surface area contributed by atoms with Crippen LogP contribution in [0.5, 0.6) is 23.0 Å². The van der Waals surface area contributed by atoms with Gasteiger partial charge in [0, 0.05) is 102 Å². The summed E-state index contributed by atoms with van der Waals surface area (Å²) in [5, 5.41) is 0. The van der Waals surface area contributed by atoms with Crippen LogP contribution in [0.1, 0.15) is 298 Å². The molecule has 14 rings (SSSR count). The lowest BCUT2D eigenvalue weighted by Crippen LogP contribution is -2.35. The van der Waals surface area contributed by atoms with Crippen molar-refractivity contribution in [2.45, 2.75) is 345 Å². The van der Waals surface area contributed by atoms with E-state index < -0.39 is 0 Å².